The molecule has 7 nitrogen and oxygen atoms in total. The Bertz CT molecular complexity index is 1310. The lowest BCUT2D eigenvalue weighted by Crippen LogP contribution is -2.26. The van der Waals surface area contributed by atoms with E-state index in [4.69, 9.17) is 8.83 Å². The summed E-state index contributed by atoms with van der Waals surface area (Å²) in [6.45, 7) is 2.46. The second-order valence-electron chi connectivity index (χ2n) is 8.23. The summed E-state index contributed by atoms with van der Waals surface area (Å²) in [6.07, 6.45) is 8.94. The van der Waals surface area contributed by atoms with Gasteiger partial charge in [-0.15, -0.1) is 0 Å². The van der Waals surface area contributed by atoms with Crippen molar-refractivity contribution in [3.8, 4) is 0 Å². The van der Waals surface area contributed by atoms with Gasteiger partial charge in [-0.1, -0.05) is 0 Å². The van der Waals surface area contributed by atoms with Crippen molar-refractivity contribution in [3.05, 3.63) is 63.2 Å². The van der Waals surface area contributed by atoms with Crippen LogP contribution in [0, 0.1) is 6.92 Å². The van der Waals surface area contributed by atoms with Crippen LogP contribution in [0.4, 0.5) is 0 Å². The normalized spacial score (nSPS) is 13.6. The number of hydrogen-bond donors (Lipinski definition) is 2. The van der Waals surface area contributed by atoms with E-state index in [1.54, 1.807) is 12.5 Å². The molecule has 2 N–H and O–H groups in total. The molecule has 1 aliphatic carbocycles. The molecule has 0 radical (unpaired) electrons. The maximum Gasteiger partial charge on any atom is 0.339 e. The van der Waals surface area contributed by atoms with Crippen molar-refractivity contribution in [3.63, 3.8) is 0 Å². The number of carbonyl (C=O) groups is 1. The summed E-state index contributed by atoms with van der Waals surface area (Å²) < 4.78 is 11.6. The molecule has 0 bridgehead atoms. The smallest absolute Gasteiger partial charge is 0.339 e. The average molecular weight is 419 g/mol. The first kappa shape index (κ1) is 19.6. The summed E-state index contributed by atoms with van der Waals surface area (Å²) in [5.74, 6) is 0.973. The van der Waals surface area contributed by atoms with Gasteiger partial charge >= 0.3 is 5.63 Å². The third-order valence-electron chi connectivity index (χ3n) is 6.24. The molecule has 0 saturated carbocycles. The highest BCUT2D eigenvalue weighted by atomic mass is 16.4. The van der Waals surface area contributed by atoms with Crippen molar-refractivity contribution in [2.24, 2.45) is 0 Å². The lowest BCUT2D eigenvalue weighted by molar-refractivity contribution is -0.121. The second-order valence-corrected chi connectivity index (χ2v) is 8.23. The van der Waals surface area contributed by atoms with Gasteiger partial charge in [0, 0.05) is 65.7 Å². The van der Waals surface area contributed by atoms with Gasteiger partial charge < -0.3 is 19.1 Å². The molecule has 7 heteroatoms. The SMILES string of the molecule is Cc1c(CCC(=O)NCCc2cnc[nH]2)c(=O)oc2cc3oc4c(c3cc12)CCCC4. The predicted octanol–water partition coefficient (Wildman–Crippen LogP) is 3.74. The number of amides is 1. The number of furan rings is 1. The van der Waals surface area contributed by atoms with Crippen LogP contribution in [0.2, 0.25) is 0 Å². The van der Waals surface area contributed by atoms with Gasteiger partial charge in [0.05, 0.1) is 6.33 Å². The van der Waals surface area contributed by atoms with Gasteiger partial charge in [-0.2, -0.15) is 0 Å². The van der Waals surface area contributed by atoms with E-state index in [0.29, 0.717) is 30.5 Å². The number of hydrogen-bond acceptors (Lipinski definition) is 5. The minimum absolute atomic E-state index is 0.0854. The minimum atomic E-state index is -0.383. The van der Waals surface area contributed by atoms with Crippen LogP contribution in [0.3, 0.4) is 0 Å². The van der Waals surface area contributed by atoms with Crippen molar-refractivity contribution in [2.45, 2.75) is 51.9 Å². The number of aryl methyl sites for hydroxylation is 3. The molecule has 4 aromatic rings. The third-order valence-corrected chi connectivity index (χ3v) is 6.24. The first-order valence-corrected chi connectivity index (χ1v) is 10.8. The molecule has 3 heterocycles. The molecule has 5 rings (SSSR count). The van der Waals surface area contributed by atoms with E-state index >= 15 is 0 Å². The first-order chi connectivity index (χ1) is 15.1. The molecule has 31 heavy (non-hydrogen) atoms. The van der Waals surface area contributed by atoms with Gasteiger partial charge in [-0.25, -0.2) is 9.78 Å². The van der Waals surface area contributed by atoms with E-state index in [1.165, 1.54) is 12.0 Å². The van der Waals surface area contributed by atoms with Crippen LogP contribution >= 0.6 is 0 Å². The van der Waals surface area contributed by atoms with Crippen LogP contribution in [0.1, 0.15) is 47.4 Å². The third kappa shape index (κ3) is 3.76. The Morgan fingerprint density at radius 3 is 2.81 bits per heavy atom. The first-order valence-electron chi connectivity index (χ1n) is 10.8. The van der Waals surface area contributed by atoms with E-state index in [-0.39, 0.29) is 18.0 Å². The fourth-order valence-corrected chi connectivity index (χ4v) is 4.52. The summed E-state index contributed by atoms with van der Waals surface area (Å²) >= 11 is 0. The number of rotatable bonds is 6. The van der Waals surface area contributed by atoms with Crippen LogP contribution in [-0.2, 0) is 30.5 Å². The number of benzene rings is 1. The Morgan fingerprint density at radius 2 is 1.97 bits per heavy atom. The fraction of sp³-hybridized carbons (Fsp3) is 0.375. The molecular weight excluding hydrogens is 394 g/mol. The van der Waals surface area contributed by atoms with E-state index in [1.807, 2.05) is 13.0 Å². The highest BCUT2D eigenvalue weighted by Gasteiger charge is 2.20. The van der Waals surface area contributed by atoms with Gasteiger partial charge in [0.25, 0.3) is 0 Å². The molecular formula is C24H25N3O4. The van der Waals surface area contributed by atoms with Crippen LogP contribution in [0.25, 0.3) is 21.9 Å². The fourth-order valence-electron chi connectivity index (χ4n) is 4.52. The molecule has 0 aliphatic heterocycles. The van der Waals surface area contributed by atoms with Crippen LogP contribution in [0.15, 0.2) is 38.3 Å². The topological polar surface area (TPSA) is 101 Å². The Hall–Kier alpha value is -3.35. The van der Waals surface area contributed by atoms with Crippen LogP contribution in [-0.4, -0.2) is 22.4 Å². The summed E-state index contributed by atoms with van der Waals surface area (Å²) in [5, 5.41) is 4.92. The number of nitrogens with zero attached hydrogens (tertiary/aromatic N) is 1. The van der Waals surface area contributed by atoms with Gasteiger partial charge in [0.2, 0.25) is 5.91 Å². The number of carbonyl (C=O) groups excluding carboxylic acids is 1. The largest absolute Gasteiger partial charge is 0.461 e. The van der Waals surface area contributed by atoms with Gasteiger partial charge in [-0.3, -0.25) is 4.79 Å². The Balaban J connectivity index is 1.36. The minimum Gasteiger partial charge on any atom is -0.461 e. The lowest BCUT2D eigenvalue weighted by Gasteiger charge is -2.10. The molecule has 1 aliphatic rings. The van der Waals surface area contributed by atoms with Gasteiger partial charge in [0.15, 0.2) is 0 Å². The molecule has 0 atom stereocenters. The zero-order chi connectivity index (χ0) is 21.4. The Kier molecular flexibility index (Phi) is 5.10. The molecule has 1 aromatic carbocycles. The van der Waals surface area contributed by atoms with Crippen LogP contribution < -0.4 is 10.9 Å². The van der Waals surface area contributed by atoms with E-state index in [9.17, 15) is 9.59 Å². The van der Waals surface area contributed by atoms with Crippen molar-refractivity contribution in [2.75, 3.05) is 6.54 Å². The standard InChI is InChI=1S/C24H25N3O4/c1-14-16(6-7-23(28)26-9-8-15-12-25-13-27-15)24(29)31-21-11-22-19(10-18(14)21)17-4-2-3-5-20(17)30-22/h10-13H,2-9H2,1H3,(H,25,27)(H,26,28). The van der Waals surface area contributed by atoms with Crippen molar-refractivity contribution in [1.29, 1.82) is 0 Å². The highest BCUT2D eigenvalue weighted by molar-refractivity contribution is 5.97. The summed E-state index contributed by atoms with van der Waals surface area (Å²) in [4.78, 5) is 31.8. The molecule has 1 amide bonds. The molecule has 3 aromatic heterocycles. The van der Waals surface area contributed by atoms with Gasteiger partial charge in [0.1, 0.15) is 16.9 Å². The monoisotopic (exact) mass is 419 g/mol. The molecule has 0 fully saturated rings. The zero-order valence-electron chi connectivity index (χ0n) is 17.5. The van der Waals surface area contributed by atoms with Gasteiger partial charge in [-0.05, 0) is 44.2 Å². The molecule has 0 saturated heterocycles. The van der Waals surface area contributed by atoms with Crippen molar-refractivity contribution >= 4 is 27.8 Å². The van der Waals surface area contributed by atoms with Crippen molar-refractivity contribution in [1.82, 2.24) is 15.3 Å². The lowest BCUT2D eigenvalue weighted by atomic mass is 9.94. The Morgan fingerprint density at radius 1 is 1.13 bits per heavy atom. The molecule has 0 unspecified atom stereocenters. The second kappa shape index (κ2) is 8.06. The molecule has 0 spiro atoms. The summed E-state index contributed by atoms with van der Waals surface area (Å²) in [6, 6.07) is 3.92. The number of fused-ring (bicyclic) bond motifs is 4. The summed E-state index contributed by atoms with van der Waals surface area (Å²) in [5.41, 5.74) is 4.63. The van der Waals surface area contributed by atoms with Crippen LogP contribution in [0.5, 0.6) is 0 Å². The maximum atomic E-state index is 12.6. The number of aromatic nitrogens is 2. The van der Waals surface area contributed by atoms with E-state index in [2.05, 4.69) is 21.4 Å². The molecule has 160 valence electrons. The maximum absolute atomic E-state index is 12.6. The quantitative estimate of drug-likeness (QED) is 0.464. The average Bonchev–Trinajstić information content (AvgIpc) is 3.39. The number of imidazole rings is 1. The number of H-pyrrole nitrogens is 1. The number of nitrogens with one attached hydrogen (secondary N) is 2. The summed E-state index contributed by atoms with van der Waals surface area (Å²) in [7, 11) is 0. The Labute approximate surface area is 178 Å². The number of aromatic amines is 1. The predicted molar refractivity (Wildman–Crippen MR) is 117 cm³/mol. The van der Waals surface area contributed by atoms with E-state index < -0.39 is 0 Å². The highest BCUT2D eigenvalue weighted by Crippen LogP contribution is 2.35. The van der Waals surface area contributed by atoms with Crippen molar-refractivity contribution < 1.29 is 13.6 Å². The zero-order valence-corrected chi connectivity index (χ0v) is 17.5. The van der Waals surface area contributed by atoms with E-state index in [0.717, 1.165) is 52.6 Å².